The summed E-state index contributed by atoms with van der Waals surface area (Å²) in [5.74, 6) is -0.491. The Balaban J connectivity index is 1.04. The quantitative estimate of drug-likeness (QED) is 0.483. The summed E-state index contributed by atoms with van der Waals surface area (Å²) in [5.41, 5.74) is 1.52. The first-order valence-electron chi connectivity index (χ1n) is 12.5. The number of fused-ring (bicyclic) bond motifs is 1. The number of hydrogen-bond donors (Lipinski definition) is 1. The lowest BCUT2D eigenvalue weighted by atomic mass is 9.97. The van der Waals surface area contributed by atoms with Crippen molar-refractivity contribution in [2.24, 2.45) is 5.92 Å². The first-order valence-corrected chi connectivity index (χ1v) is 12.5. The Morgan fingerprint density at radius 1 is 1.00 bits per heavy atom. The summed E-state index contributed by atoms with van der Waals surface area (Å²) in [7, 11) is 0. The minimum atomic E-state index is -0.557. The van der Waals surface area contributed by atoms with Crippen LogP contribution in [0.3, 0.4) is 0 Å². The highest BCUT2D eigenvalue weighted by atomic mass is 16.7. The molecule has 1 aliphatic carbocycles. The van der Waals surface area contributed by atoms with E-state index in [9.17, 15) is 14.4 Å². The van der Waals surface area contributed by atoms with Gasteiger partial charge in [-0.1, -0.05) is 30.3 Å². The van der Waals surface area contributed by atoms with Crippen LogP contribution in [0.25, 0.3) is 6.08 Å². The number of benzene rings is 2. The van der Waals surface area contributed by atoms with Crippen LogP contribution in [-0.2, 0) is 19.1 Å². The molecule has 1 N–H and O–H groups in total. The van der Waals surface area contributed by atoms with Crippen molar-refractivity contribution in [3.8, 4) is 11.5 Å². The number of likely N-dealkylation sites (tertiary alicyclic amines) is 1. The van der Waals surface area contributed by atoms with Crippen molar-refractivity contribution in [1.82, 2.24) is 4.90 Å². The summed E-state index contributed by atoms with van der Waals surface area (Å²) in [6, 6.07) is 14.9. The summed E-state index contributed by atoms with van der Waals surface area (Å²) in [6.45, 7) is 0.585. The molecule has 1 spiro atoms. The maximum absolute atomic E-state index is 12.5. The second kappa shape index (κ2) is 10.4. The zero-order chi connectivity index (χ0) is 25.0. The van der Waals surface area contributed by atoms with Crippen LogP contribution in [0, 0.1) is 5.92 Å². The van der Waals surface area contributed by atoms with Crippen molar-refractivity contribution in [1.29, 1.82) is 0 Å². The number of carbonyl (C=O) groups excluding carboxylic acids is 3. The van der Waals surface area contributed by atoms with Crippen LogP contribution in [0.1, 0.15) is 44.1 Å². The maximum Gasteiger partial charge on any atom is 0.309 e. The van der Waals surface area contributed by atoms with Gasteiger partial charge in [0, 0.05) is 43.8 Å². The number of piperidine rings is 1. The first-order chi connectivity index (χ1) is 17.5. The Kier molecular flexibility index (Phi) is 6.93. The molecule has 2 aliphatic heterocycles. The number of esters is 1. The summed E-state index contributed by atoms with van der Waals surface area (Å²) in [6.07, 6.45) is 8.22. The van der Waals surface area contributed by atoms with Crippen LogP contribution < -0.4 is 14.8 Å². The number of nitrogens with one attached hydrogen (secondary N) is 1. The molecule has 2 aromatic carbocycles. The van der Waals surface area contributed by atoms with Gasteiger partial charge < -0.3 is 24.4 Å². The van der Waals surface area contributed by atoms with Gasteiger partial charge in [0.25, 0.3) is 11.7 Å². The van der Waals surface area contributed by atoms with Gasteiger partial charge in [0.05, 0.1) is 5.92 Å². The van der Waals surface area contributed by atoms with Crippen LogP contribution in [0.5, 0.6) is 11.5 Å². The van der Waals surface area contributed by atoms with Crippen molar-refractivity contribution in [2.75, 3.05) is 25.0 Å². The summed E-state index contributed by atoms with van der Waals surface area (Å²) >= 11 is 0. The SMILES string of the molecule is O=C(COC(=O)C1CCN(C(=O)/C=C/c2ccccc2)CC1)Nc1ccc2c(c1)OC1(CCCC1)O2. The highest BCUT2D eigenvalue weighted by molar-refractivity contribution is 5.93. The van der Waals surface area contributed by atoms with E-state index in [4.69, 9.17) is 14.2 Å². The van der Waals surface area contributed by atoms with Crippen LogP contribution >= 0.6 is 0 Å². The number of ether oxygens (including phenoxy) is 3. The highest BCUT2D eigenvalue weighted by Gasteiger charge is 2.44. The lowest BCUT2D eigenvalue weighted by Crippen LogP contribution is -2.40. The monoisotopic (exact) mass is 490 g/mol. The predicted octanol–water partition coefficient (Wildman–Crippen LogP) is 4.16. The summed E-state index contributed by atoms with van der Waals surface area (Å²) < 4.78 is 17.3. The van der Waals surface area contributed by atoms with Gasteiger partial charge >= 0.3 is 5.97 Å². The van der Waals surface area contributed by atoms with E-state index in [2.05, 4.69) is 5.32 Å². The Labute approximate surface area is 210 Å². The van der Waals surface area contributed by atoms with E-state index >= 15 is 0 Å². The van der Waals surface area contributed by atoms with Gasteiger partial charge in [-0.05, 0) is 49.5 Å². The largest absolute Gasteiger partial charge is 0.455 e. The Hall–Kier alpha value is -3.81. The molecule has 0 aromatic heterocycles. The average molecular weight is 491 g/mol. The van der Waals surface area contributed by atoms with E-state index in [1.165, 1.54) is 0 Å². The number of hydrogen-bond acceptors (Lipinski definition) is 6. The molecule has 5 rings (SSSR count). The standard InChI is InChI=1S/C28H30N2O6/c31-25(29-22-9-10-23-24(18-22)36-28(35-23)14-4-5-15-28)19-34-27(33)21-12-16-30(17-13-21)26(32)11-8-20-6-2-1-3-7-20/h1-3,6-11,18,21H,4-5,12-17,19H2,(H,29,31)/b11-8+. The van der Waals surface area contributed by atoms with Gasteiger partial charge in [-0.15, -0.1) is 0 Å². The molecule has 1 saturated carbocycles. The van der Waals surface area contributed by atoms with Gasteiger partial charge in [-0.25, -0.2) is 0 Å². The van der Waals surface area contributed by atoms with Crippen LogP contribution in [-0.4, -0.2) is 48.2 Å². The van der Waals surface area contributed by atoms with Crippen molar-refractivity contribution >= 4 is 29.5 Å². The molecule has 2 amide bonds. The molecule has 8 nitrogen and oxygen atoms in total. The lowest BCUT2D eigenvalue weighted by molar-refractivity contribution is -0.153. The van der Waals surface area contributed by atoms with Crippen LogP contribution in [0.15, 0.2) is 54.6 Å². The topological polar surface area (TPSA) is 94.2 Å². The zero-order valence-corrected chi connectivity index (χ0v) is 20.1. The predicted molar refractivity (Wildman–Crippen MR) is 133 cm³/mol. The molecule has 2 fully saturated rings. The minimum absolute atomic E-state index is 0.0763. The third kappa shape index (κ3) is 5.53. The third-order valence-electron chi connectivity index (χ3n) is 6.89. The number of rotatable bonds is 6. The highest BCUT2D eigenvalue weighted by Crippen LogP contribution is 2.47. The van der Waals surface area contributed by atoms with E-state index in [1.54, 1.807) is 35.3 Å². The van der Waals surface area contributed by atoms with Crippen molar-refractivity contribution in [2.45, 2.75) is 44.3 Å². The van der Waals surface area contributed by atoms with Crippen molar-refractivity contribution in [3.63, 3.8) is 0 Å². The molecule has 1 saturated heterocycles. The third-order valence-corrected chi connectivity index (χ3v) is 6.89. The molecule has 0 bridgehead atoms. The fourth-order valence-electron chi connectivity index (χ4n) is 4.91. The molecule has 3 aliphatic rings. The lowest BCUT2D eigenvalue weighted by Gasteiger charge is -2.30. The Bertz CT molecular complexity index is 1150. The molecule has 0 atom stereocenters. The second-order valence-corrected chi connectivity index (χ2v) is 9.48. The number of carbonyl (C=O) groups is 3. The minimum Gasteiger partial charge on any atom is -0.455 e. The fraction of sp³-hybridized carbons (Fsp3) is 0.393. The van der Waals surface area contributed by atoms with Gasteiger partial charge in [-0.3, -0.25) is 14.4 Å². The van der Waals surface area contributed by atoms with Gasteiger partial charge in [0.15, 0.2) is 18.1 Å². The van der Waals surface area contributed by atoms with E-state index in [-0.39, 0.29) is 18.4 Å². The maximum atomic E-state index is 12.5. The second-order valence-electron chi connectivity index (χ2n) is 9.48. The zero-order valence-electron chi connectivity index (χ0n) is 20.1. The molecular weight excluding hydrogens is 460 g/mol. The number of nitrogens with zero attached hydrogens (tertiary/aromatic N) is 1. The molecule has 188 valence electrons. The van der Waals surface area contributed by atoms with Crippen molar-refractivity contribution in [3.05, 3.63) is 60.2 Å². The van der Waals surface area contributed by atoms with Gasteiger partial charge in [0.2, 0.25) is 5.91 Å². The Morgan fingerprint density at radius 2 is 1.72 bits per heavy atom. The number of amides is 2. The van der Waals surface area contributed by atoms with E-state index in [0.29, 0.717) is 43.1 Å². The molecule has 0 unspecified atom stereocenters. The molecular formula is C28H30N2O6. The van der Waals surface area contributed by atoms with Gasteiger partial charge in [0.1, 0.15) is 0 Å². The van der Waals surface area contributed by atoms with E-state index in [1.807, 2.05) is 30.3 Å². The van der Waals surface area contributed by atoms with Crippen molar-refractivity contribution < 1.29 is 28.6 Å². The van der Waals surface area contributed by atoms with Crippen LogP contribution in [0.2, 0.25) is 0 Å². The molecule has 8 heteroatoms. The number of anilines is 1. The fourth-order valence-corrected chi connectivity index (χ4v) is 4.91. The molecule has 0 radical (unpaired) electrons. The summed E-state index contributed by atoms with van der Waals surface area (Å²) in [4.78, 5) is 39.0. The normalized spacial score (nSPS) is 18.5. The van der Waals surface area contributed by atoms with Crippen LogP contribution in [0.4, 0.5) is 5.69 Å². The molecule has 2 aromatic rings. The van der Waals surface area contributed by atoms with Gasteiger partial charge in [-0.2, -0.15) is 0 Å². The summed E-state index contributed by atoms with van der Waals surface area (Å²) in [5, 5.41) is 2.75. The molecule has 2 heterocycles. The average Bonchev–Trinajstić information content (AvgIpc) is 3.51. The smallest absolute Gasteiger partial charge is 0.309 e. The van der Waals surface area contributed by atoms with E-state index < -0.39 is 17.7 Å². The Morgan fingerprint density at radius 3 is 2.47 bits per heavy atom. The van der Waals surface area contributed by atoms with E-state index in [0.717, 1.165) is 31.2 Å². The molecule has 36 heavy (non-hydrogen) atoms. The first kappa shape index (κ1) is 23.9.